The number of aromatic nitrogens is 1. The molecule has 1 atom stereocenters. The Morgan fingerprint density at radius 2 is 2.00 bits per heavy atom. The third kappa shape index (κ3) is 5.19. The molecule has 1 aliphatic heterocycles. The summed E-state index contributed by atoms with van der Waals surface area (Å²) >= 11 is 0. The van der Waals surface area contributed by atoms with Crippen molar-refractivity contribution in [3.8, 4) is 0 Å². The van der Waals surface area contributed by atoms with E-state index in [9.17, 15) is 4.79 Å². The number of pyridine rings is 1. The first-order valence-corrected chi connectivity index (χ1v) is 10.2. The van der Waals surface area contributed by atoms with Crippen LogP contribution in [-0.2, 0) is 6.54 Å². The molecular formula is C21H34N4O. The van der Waals surface area contributed by atoms with Crippen molar-refractivity contribution in [2.45, 2.75) is 65.0 Å². The summed E-state index contributed by atoms with van der Waals surface area (Å²) in [6, 6.07) is 4.90. The molecule has 1 saturated carbocycles. The van der Waals surface area contributed by atoms with Crippen molar-refractivity contribution in [1.82, 2.24) is 20.1 Å². The molecule has 0 spiro atoms. The standard InChI is InChI=1S/C21H34N4O/c1-16-11-17(2)23-19(12-16)15-24(3)21(26)22-13-18-9-10-25(14-18)20-7-5-4-6-8-20/h11-12,18,20H,4-10,13-15H2,1-3H3,(H,22,26)/t18-/m0/s1. The van der Waals surface area contributed by atoms with Crippen LogP contribution in [0.2, 0.25) is 0 Å². The maximum Gasteiger partial charge on any atom is 0.317 e. The van der Waals surface area contributed by atoms with Gasteiger partial charge < -0.3 is 15.1 Å². The number of amides is 2. The van der Waals surface area contributed by atoms with Crippen molar-refractivity contribution < 1.29 is 4.79 Å². The number of hydrogen-bond acceptors (Lipinski definition) is 3. The highest BCUT2D eigenvalue weighted by molar-refractivity contribution is 5.73. The van der Waals surface area contributed by atoms with Gasteiger partial charge in [-0.1, -0.05) is 19.3 Å². The first-order chi connectivity index (χ1) is 12.5. The lowest BCUT2D eigenvalue weighted by molar-refractivity contribution is 0.183. The highest BCUT2D eigenvalue weighted by atomic mass is 16.2. The molecule has 1 aromatic rings. The number of aryl methyl sites for hydroxylation is 2. The van der Waals surface area contributed by atoms with E-state index in [1.807, 2.05) is 14.0 Å². The average molecular weight is 359 g/mol. The van der Waals surface area contributed by atoms with Gasteiger partial charge in [0.05, 0.1) is 12.2 Å². The molecule has 1 aliphatic carbocycles. The highest BCUT2D eigenvalue weighted by Crippen LogP contribution is 2.27. The van der Waals surface area contributed by atoms with E-state index in [2.05, 4.69) is 34.3 Å². The van der Waals surface area contributed by atoms with Gasteiger partial charge >= 0.3 is 6.03 Å². The predicted molar refractivity (Wildman–Crippen MR) is 105 cm³/mol. The summed E-state index contributed by atoms with van der Waals surface area (Å²) in [4.78, 5) is 21.4. The average Bonchev–Trinajstić information content (AvgIpc) is 3.08. The molecule has 1 saturated heterocycles. The van der Waals surface area contributed by atoms with E-state index < -0.39 is 0 Å². The monoisotopic (exact) mass is 358 g/mol. The molecular weight excluding hydrogens is 324 g/mol. The molecule has 26 heavy (non-hydrogen) atoms. The van der Waals surface area contributed by atoms with Gasteiger partial charge in [-0.2, -0.15) is 0 Å². The van der Waals surface area contributed by atoms with E-state index in [1.165, 1.54) is 50.6 Å². The van der Waals surface area contributed by atoms with Crippen molar-refractivity contribution >= 4 is 6.03 Å². The normalized spacial score (nSPS) is 21.7. The SMILES string of the molecule is Cc1cc(C)nc(CN(C)C(=O)NC[C@@H]2CCN(C3CCCCC3)C2)c1. The van der Waals surface area contributed by atoms with Crippen molar-refractivity contribution in [1.29, 1.82) is 0 Å². The number of likely N-dealkylation sites (tertiary alicyclic amines) is 1. The van der Waals surface area contributed by atoms with Gasteiger partial charge in [-0.05, 0) is 63.3 Å². The van der Waals surface area contributed by atoms with Crippen molar-refractivity contribution in [3.63, 3.8) is 0 Å². The van der Waals surface area contributed by atoms with Gasteiger partial charge in [0, 0.05) is 31.9 Å². The molecule has 2 amide bonds. The summed E-state index contributed by atoms with van der Waals surface area (Å²) in [5.74, 6) is 0.591. The maximum absolute atomic E-state index is 12.4. The van der Waals surface area contributed by atoms with Crippen LogP contribution in [0.3, 0.4) is 0 Å². The predicted octanol–water partition coefficient (Wildman–Crippen LogP) is 3.49. The molecule has 5 heteroatoms. The molecule has 3 rings (SSSR count). The minimum atomic E-state index is 0.00192. The summed E-state index contributed by atoms with van der Waals surface area (Å²) in [5, 5.41) is 3.13. The number of rotatable bonds is 5. The first kappa shape index (κ1) is 19.2. The zero-order chi connectivity index (χ0) is 18.5. The number of nitrogens with zero attached hydrogens (tertiary/aromatic N) is 3. The molecule has 0 unspecified atom stereocenters. The lowest BCUT2D eigenvalue weighted by Crippen LogP contribution is -2.40. The molecule has 2 heterocycles. The number of carbonyl (C=O) groups is 1. The first-order valence-electron chi connectivity index (χ1n) is 10.2. The van der Waals surface area contributed by atoms with E-state index in [-0.39, 0.29) is 6.03 Å². The van der Waals surface area contributed by atoms with E-state index in [0.29, 0.717) is 12.5 Å². The Balaban J connectivity index is 1.42. The second kappa shape index (κ2) is 8.85. The summed E-state index contributed by atoms with van der Waals surface area (Å²) in [5.41, 5.74) is 3.14. The lowest BCUT2D eigenvalue weighted by Gasteiger charge is -2.31. The van der Waals surface area contributed by atoms with Crippen LogP contribution in [0.25, 0.3) is 0 Å². The van der Waals surface area contributed by atoms with Crippen LogP contribution < -0.4 is 5.32 Å². The molecule has 2 aliphatic rings. The van der Waals surface area contributed by atoms with Crippen LogP contribution in [0.1, 0.15) is 55.5 Å². The number of nitrogens with one attached hydrogen (secondary N) is 1. The molecule has 2 fully saturated rings. The summed E-state index contributed by atoms with van der Waals surface area (Å²) in [6.45, 7) is 7.74. The Morgan fingerprint density at radius 1 is 1.23 bits per heavy atom. The topological polar surface area (TPSA) is 48.5 Å². The molecule has 0 aromatic carbocycles. The number of hydrogen-bond donors (Lipinski definition) is 1. The smallest absolute Gasteiger partial charge is 0.317 e. The van der Waals surface area contributed by atoms with Crippen LogP contribution >= 0.6 is 0 Å². The largest absolute Gasteiger partial charge is 0.338 e. The minimum absolute atomic E-state index is 0.00192. The van der Waals surface area contributed by atoms with Crippen molar-refractivity contribution in [3.05, 3.63) is 29.1 Å². The van der Waals surface area contributed by atoms with Crippen molar-refractivity contribution in [2.75, 3.05) is 26.7 Å². The summed E-state index contributed by atoms with van der Waals surface area (Å²) in [7, 11) is 1.84. The Bertz CT molecular complexity index is 592. The fraction of sp³-hybridized carbons (Fsp3) is 0.714. The van der Waals surface area contributed by atoms with Gasteiger partial charge in [0.25, 0.3) is 0 Å². The Hall–Kier alpha value is -1.62. The maximum atomic E-state index is 12.4. The zero-order valence-corrected chi connectivity index (χ0v) is 16.6. The van der Waals surface area contributed by atoms with Crippen LogP contribution in [0.15, 0.2) is 12.1 Å². The quantitative estimate of drug-likeness (QED) is 0.876. The number of urea groups is 1. The second-order valence-corrected chi connectivity index (χ2v) is 8.26. The fourth-order valence-corrected chi connectivity index (χ4v) is 4.49. The van der Waals surface area contributed by atoms with Crippen molar-refractivity contribution in [2.24, 2.45) is 5.92 Å². The lowest BCUT2D eigenvalue weighted by atomic mass is 9.94. The molecule has 5 nitrogen and oxygen atoms in total. The van der Waals surface area contributed by atoms with Crippen LogP contribution in [0, 0.1) is 19.8 Å². The van der Waals surface area contributed by atoms with Crippen LogP contribution in [-0.4, -0.2) is 53.5 Å². The third-order valence-corrected chi connectivity index (χ3v) is 5.85. The summed E-state index contributed by atoms with van der Waals surface area (Å²) < 4.78 is 0. The molecule has 1 N–H and O–H groups in total. The van der Waals surface area contributed by atoms with Gasteiger partial charge in [-0.3, -0.25) is 4.98 Å². The minimum Gasteiger partial charge on any atom is -0.338 e. The molecule has 1 aromatic heterocycles. The Labute approximate surface area is 158 Å². The van der Waals surface area contributed by atoms with E-state index in [0.717, 1.165) is 30.5 Å². The molecule has 144 valence electrons. The molecule has 0 radical (unpaired) electrons. The second-order valence-electron chi connectivity index (χ2n) is 8.26. The van der Waals surface area contributed by atoms with Crippen LogP contribution in [0.5, 0.6) is 0 Å². The van der Waals surface area contributed by atoms with Gasteiger partial charge in [0.1, 0.15) is 0 Å². The van der Waals surface area contributed by atoms with Gasteiger partial charge in [0.15, 0.2) is 0 Å². The van der Waals surface area contributed by atoms with Gasteiger partial charge in [0.2, 0.25) is 0 Å². The fourth-order valence-electron chi connectivity index (χ4n) is 4.49. The zero-order valence-electron chi connectivity index (χ0n) is 16.6. The Kier molecular flexibility index (Phi) is 6.52. The number of carbonyl (C=O) groups excluding carboxylic acids is 1. The summed E-state index contributed by atoms with van der Waals surface area (Å²) in [6.07, 6.45) is 8.12. The highest BCUT2D eigenvalue weighted by Gasteiger charge is 2.29. The van der Waals surface area contributed by atoms with Gasteiger partial charge in [-0.15, -0.1) is 0 Å². The van der Waals surface area contributed by atoms with E-state index >= 15 is 0 Å². The third-order valence-electron chi connectivity index (χ3n) is 5.85. The van der Waals surface area contributed by atoms with Gasteiger partial charge in [-0.25, -0.2) is 4.79 Å². The van der Waals surface area contributed by atoms with Crippen LogP contribution in [0.4, 0.5) is 4.79 Å². The van der Waals surface area contributed by atoms with E-state index in [4.69, 9.17) is 0 Å². The Morgan fingerprint density at radius 3 is 2.73 bits per heavy atom. The van der Waals surface area contributed by atoms with E-state index in [1.54, 1.807) is 4.90 Å². The molecule has 0 bridgehead atoms.